The Morgan fingerprint density at radius 2 is 2.06 bits per heavy atom. The maximum Gasteiger partial charge on any atom is 0.196 e. The van der Waals surface area contributed by atoms with Gasteiger partial charge in [0.2, 0.25) is 0 Å². The van der Waals surface area contributed by atoms with Crippen LogP contribution in [0.25, 0.3) is 0 Å². The van der Waals surface area contributed by atoms with Gasteiger partial charge in [-0.1, -0.05) is 50.4 Å². The molecule has 1 aromatic carbocycles. The van der Waals surface area contributed by atoms with E-state index in [9.17, 15) is 0 Å². The molecule has 98 valence electrons. The van der Waals surface area contributed by atoms with E-state index in [-0.39, 0.29) is 0 Å². The quantitative estimate of drug-likeness (QED) is 0.908. The Hall–Kier alpha value is -1.22. The lowest BCUT2D eigenvalue weighted by Gasteiger charge is -2.32. The van der Waals surface area contributed by atoms with Crippen LogP contribution in [0.5, 0.6) is 0 Å². The SMILES string of the molecule is CCC(CC)C1CN=C(N)N1c1ccccc1Cl. The molecule has 1 aliphatic rings. The summed E-state index contributed by atoms with van der Waals surface area (Å²) in [4.78, 5) is 6.49. The standard InChI is InChI=1S/C14H20ClN3/c1-3-10(4-2)13-9-17-14(16)18(13)12-8-6-5-7-11(12)15/h5-8,10,13H,3-4,9H2,1-2H3,(H2,16,17). The number of benzene rings is 1. The molecule has 0 radical (unpaired) electrons. The number of guanidine groups is 1. The smallest absolute Gasteiger partial charge is 0.196 e. The lowest BCUT2D eigenvalue weighted by molar-refractivity contribution is 0.412. The summed E-state index contributed by atoms with van der Waals surface area (Å²) in [5.41, 5.74) is 7.00. The van der Waals surface area contributed by atoms with Crippen LogP contribution in [0.15, 0.2) is 29.3 Å². The van der Waals surface area contributed by atoms with E-state index >= 15 is 0 Å². The highest BCUT2D eigenvalue weighted by atomic mass is 35.5. The molecule has 2 rings (SSSR count). The summed E-state index contributed by atoms with van der Waals surface area (Å²) in [5, 5.41) is 0.730. The zero-order chi connectivity index (χ0) is 13.1. The van der Waals surface area contributed by atoms with Crippen molar-refractivity contribution in [3.05, 3.63) is 29.3 Å². The van der Waals surface area contributed by atoms with Crippen LogP contribution in [0.1, 0.15) is 26.7 Å². The van der Waals surface area contributed by atoms with E-state index in [1.807, 2.05) is 24.3 Å². The summed E-state index contributed by atoms with van der Waals surface area (Å²) in [6, 6.07) is 8.15. The highest BCUT2D eigenvalue weighted by molar-refractivity contribution is 6.33. The topological polar surface area (TPSA) is 41.6 Å². The number of anilines is 1. The van der Waals surface area contributed by atoms with Gasteiger partial charge in [-0.15, -0.1) is 0 Å². The van der Waals surface area contributed by atoms with Gasteiger partial charge in [-0.2, -0.15) is 0 Å². The Morgan fingerprint density at radius 3 is 2.67 bits per heavy atom. The van der Waals surface area contributed by atoms with Crippen LogP contribution in [0.4, 0.5) is 5.69 Å². The lowest BCUT2D eigenvalue weighted by Crippen LogP contribution is -2.44. The van der Waals surface area contributed by atoms with E-state index in [0.717, 1.165) is 30.1 Å². The third kappa shape index (κ3) is 2.32. The summed E-state index contributed by atoms with van der Waals surface area (Å²) in [5.74, 6) is 1.17. The van der Waals surface area contributed by atoms with Gasteiger partial charge in [0, 0.05) is 0 Å². The van der Waals surface area contributed by atoms with Gasteiger partial charge >= 0.3 is 0 Å². The number of hydrogen-bond acceptors (Lipinski definition) is 3. The van der Waals surface area contributed by atoms with Gasteiger partial charge in [0.1, 0.15) is 0 Å². The van der Waals surface area contributed by atoms with Gasteiger partial charge in [-0.25, -0.2) is 0 Å². The van der Waals surface area contributed by atoms with Crippen molar-refractivity contribution in [2.45, 2.75) is 32.7 Å². The predicted molar refractivity (Wildman–Crippen MR) is 78.3 cm³/mol. The monoisotopic (exact) mass is 265 g/mol. The zero-order valence-corrected chi connectivity index (χ0v) is 11.7. The van der Waals surface area contributed by atoms with E-state index in [4.69, 9.17) is 17.3 Å². The molecule has 0 amide bonds. The minimum Gasteiger partial charge on any atom is -0.370 e. The Balaban J connectivity index is 2.33. The second-order valence-electron chi connectivity index (χ2n) is 4.66. The summed E-state index contributed by atoms with van der Waals surface area (Å²) < 4.78 is 0. The lowest BCUT2D eigenvalue weighted by atomic mass is 9.93. The maximum absolute atomic E-state index is 6.27. The molecule has 1 unspecified atom stereocenters. The predicted octanol–water partition coefficient (Wildman–Crippen LogP) is 3.28. The Labute approximate surface area is 114 Å². The van der Waals surface area contributed by atoms with Crippen molar-refractivity contribution in [3.63, 3.8) is 0 Å². The molecule has 0 aliphatic carbocycles. The number of halogens is 1. The minimum absolute atomic E-state index is 0.333. The molecular formula is C14H20ClN3. The van der Waals surface area contributed by atoms with E-state index < -0.39 is 0 Å². The van der Waals surface area contributed by atoms with Crippen molar-refractivity contribution < 1.29 is 0 Å². The average molecular weight is 266 g/mol. The summed E-state index contributed by atoms with van der Waals surface area (Å²) >= 11 is 6.27. The Bertz CT molecular complexity index is 440. The van der Waals surface area contributed by atoms with Gasteiger partial charge in [0.25, 0.3) is 0 Å². The van der Waals surface area contributed by atoms with Crippen molar-refractivity contribution in [1.29, 1.82) is 0 Å². The van der Waals surface area contributed by atoms with Crippen molar-refractivity contribution in [3.8, 4) is 0 Å². The van der Waals surface area contributed by atoms with Crippen molar-refractivity contribution in [2.24, 2.45) is 16.6 Å². The normalized spacial score (nSPS) is 19.4. The molecule has 1 aromatic rings. The van der Waals surface area contributed by atoms with Crippen LogP contribution in [0, 0.1) is 5.92 Å². The molecule has 0 saturated carbocycles. The number of nitrogens with two attached hydrogens (primary N) is 1. The van der Waals surface area contributed by atoms with Crippen LogP contribution in [-0.4, -0.2) is 18.5 Å². The zero-order valence-electron chi connectivity index (χ0n) is 10.9. The second kappa shape index (κ2) is 5.61. The molecule has 1 atom stereocenters. The van der Waals surface area contributed by atoms with E-state index in [0.29, 0.717) is 17.9 Å². The number of nitrogens with zero attached hydrogens (tertiary/aromatic N) is 2. The molecule has 4 heteroatoms. The molecule has 0 bridgehead atoms. The van der Waals surface area contributed by atoms with Crippen LogP contribution in [-0.2, 0) is 0 Å². The van der Waals surface area contributed by atoms with E-state index in [1.165, 1.54) is 0 Å². The first-order chi connectivity index (χ1) is 8.69. The Kier molecular flexibility index (Phi) is 4.12. The van der Waals surface area contributed by atoms with Crippen molar-refractivity contribution >= 4 is 23.2 Å². The first-order valence-electron chi connectivity index (χ1n) is 6.52. The third-order valence-corrected chi connectivity index (χ3v) is 4.04. The number of aliphatic imine (C=N–C) groups is 1. The number of hydrogen-bond donors (Lipinski definition) is 1. The first kappa shape index (κ1) is 13.2. The van der Waals surface area contributed by atoms with Crippen LogP contribution >= 0.6 is 11.6 Å². The molecular weight excluding hydrogens is 246 g/mol. The fraction of sp³-hybridized carbons (Fsp3) is 0.500. The molecule has 0 spiro atoms. The molecule has 0 aromatic heterocycles. The molecule has 1 heterocycles. The summed E-state index contributed by atoms with van der Waals surface area (Å²) in [6.07, 6.45) is 2.26. The Morgan fingerprint density at radius 1 is 1.39 bits per heavy atom. The average Bonchev–Trinajstić information content (AvgIpc) is 2.74. The number of para-hydroxylation sites is 1. The second-order valence-corrected chi connectivity index (χ2v) is 5.07. The third-order valence-electron chi connectivity index (χ3n) is 3.72. The molecule has 2 N–H and O–H groups in total. The van der Waals surface area contributed by atoms with Crippen LogP contribution in [0.3, 0.4) is 0 Å². The minimum atomic E-state index is 0.333. The molecule has 0 saturated heterocycles. The molecule has 18 heavy (non-hydrogen) atoms. The number of rotatable bonds is 4. The summed E-state index contributed by atoms with van der Waals surface area (Å²) in [7, 11) is 0. The molecule has 0 fully saturated rings. The fourth-order valence-corrected chi connectivity index (χ4v) is 2.88. The van der Waals surface area contributed by atoms with Gasteiger partial charge in [-0.3, -0.25) is 4.99 Å². The van der Waals surface area contributed by atoms with Gasteiger partial charge in [-0.05, 0) is 18.1 Å². The van der Waals surface area contributed by atoms with Gasteiger partial charge in [0.15, 0.2) is 5.96 Å². The molecule has 1 aliphatic heterocycles. The van der Waals surface area contributed by atoms with E-state index in [2.05, 4.69) is 23.7 Å². The first-order valence-corrected chi connectivity index (χ1v) is 6.90. The van der Waals surface area contributed by atoms with E-state index in [1.54, 1.807) is 0 Å². The highest BCUT2D eigenvalue weighted by Crippen LogP contribution is 2.32. The highest BCUT2D eigenvalue weighted by Gasteiger charge is 2.33. The van der Waals surface area contributed by atoms with Crippen LogP contribution in [0.2, 0.25) is 5.02 Å². The van der Waals surface area contributed by atoms with Crippen molar-refractivity contribution in [1.82, 2.24) is 0 Å². The van der Waals surface area contributed by atoms with Crippen molar-refractivity contribution in [2.75, 3.05) is 11.4 Å². The molecule has 3 nitrogen and oxygen atoms in total. The van der Waals surface area contributed by atoms with Gasteiger partial charge < -0.3 is 10.6 Å². The largest absolute Gasteiger partial charge is 0.370 e. The fourth-order valence-electron chi connectivity index (χ4n) is 2.66. The van der Waals surface area contributed by atoms with Gasteiger partial charge in [0.05, 0.1) is 23.3 Å². The maximum atomic E-state index is 6.27. The summed E-state index contributed by atoms with van der Waals surface area (Å²) in [6.45, 7) is 5.20. The van der Waals surface area contributed by atoms with Crippen LogP contribution < -0.4 is 10.6 Å².